The number of hydrogen-bond acceptors (Lipinski definition) is 3. The molecule has 5 aromatic carbocycles. The van der Waals surface area contributed by atoms with Crippen molar-refractivity contribution in [1.29, 1.82) is 0 Å². The topological polar surface area (TPSA) is 27.7 Å². The molecular formula is C51H68NO3P+2. The van der Waals surface area contributed by atoms with Gasteiger partial charge in [-0.05, 0) is 121 Å². The molecule has 0 aliphatic heterocycles. The number of quaternary nitrogens is 1. The molecule has 0 saturated heterocycles. The quantitative estimate of drug-likeness (QED) is 0.0398. The first-order valence-corrected chi connectivity index (χ1v) is 22.7. The van der Waals surface area contributed by atoms with Gasteiger partial charge in [-0.1, -0.05) is 101 Å². The van der Waals surface area contributed by atoms with Gasteiger partial charge in [-0.15, -0.1) is 0 Å². The van der Waals surface area contributed by atoms with Crippen molar-refractivity contribution in [3.63, 3.8) is 0 Å². The molecule has 0 spiro atoms. The Hall–Kier alpha value is -3.95. The van der Waals surface area contributed by atoms with Gasteiger partial charge in [-0.2, -0.15) is 0 Å². The number of unbranched alkanes of at least 4 members (excludes halogenated alkanes) is 3. The summed E-state index contributed by atoms with van der Waals surface area (Å²) in [6.45, 7) is 16.0. The molecule has 0 aliphatic rings. The lowest BCUT2D eigenvalue weighted by atomic mass is 9.72. The van der Waals surface area contributed by atoms with Gasteiger partial charge in [0.25, 0.3) is 0 Å². The van der Waals surface area contributed by atoms with Crippen molar-refractivity contribution in [2.45, 2.75) is 78.7 Å². The molecule has 0 heterocycles. The number of benzene rings is 5. The maximum atomic E-state index is 6.19. The van der Waals surface area contributed by atoms with E-state index in [1.54, 1.807) is 0 Å². The maximum absolute atomic E-state index is 6.19. The highest BCUT2D eigenvalue weighted by molar-refractivity contribution is 7.95. The van der Waals surface area contributed by atoms with Crippen LogP contribution in [0.5, 0.6) is 11.5 Å². The zero-order valence-corrected chi connectivity index (χ0v) is 36.3. The standard InChI is InChI=1S/C51H68NO3P/c1-50(2,3)42-51(4,5)44-29-33-46(34-30-44)55-39-38-53-37-35-52(6,7)41-43-27-31-45(32-28-43)54-36-19-8-9-20-40-56(47-21-13-10-14-22-47,48-23-15-11-16-24-48)49-25-17-12-18-26-49/h10-18,21-34H,8-9,19-20,35-42H2,1-7H3/q+2. The Morgan fingerprint density at radius 3 is 1.50 bits per heavy atom. The van der Waals surface area contributed by atoms with Crippen LogP contribution in [0.1, 0.15) is 77.8 Å². The third-order valence-electron chi connectivity index (χ3n) is 10.7. The van der Waals surface area contributed by atoms with Gasteiger partial charge in [0.15, 0.2) is 0 Å². The summed E-state index contributed by atoms with van der Waals surface area (Å²) < 4.78 is 19.0. The minimum atomic E-state index is -1.75. The first-order valence-electron chi connectivity index (χ1n) is 20.8. The number of likely N-dealkylation sites (N-methyl/N-ethyl adjacent to an activating group) is 1. The van der Waals surface area contributed by atoms with E-state index in [1.807, 2.05) is 0 Å². The summed E-state index contributed by atoms with van der Waals surface area (Å²) in [5, 5.41) is 4.40. The monoisotopic (exact) mass is 773 g/mol. The summed E-state index contributed by atoms with van der Waals surface area (Å²) in [6, 6.07) is 50.9. The van der Waals surface area contributed by atoms with Gasteiger partial charge in [0.2, 0.25) is 0 Å². The van der Waals surface area contributed by atoms with E-state index in [-0.39, 0.29) is 10.8 Å². The smallest absolute Gasteiger partial charge is 0.119 e. The predicted molar refractivity (Wildman–Crippen MR) is 241 cm³/mol. The van der Waals surface area contributed by atoms with Gasteiger partial charge in [-0.25, -0.2) is 0 Å². The van der Waals surface area contributed by atoms with Crippen LogP contribution in [0.15, 0.2) is 140 Å². The van der Waals surface area contributed by atoms with Gasteiger partial charge in [0.1, 0.15) is 54.4 Å². The summed E-state index contributed by atoms with van der Waals surface area (Å²) in [7, 11) is 2.77. The molecular weight excluding hydrogens is 706 g/mol. The summed E-state index contributed by atoms with van der Waals surface area (Å²) >= 11 is 0. The van der Waals surface area contributed by atoms with E-state index in [1.165, 1.54) is 52.5 Å². The molecule has 56 heavy (non-hydrogen) atoms. The highest BCUT2D eigenvalue weighted by Crippen LogP contribution is 2.56. The summed E-state index contributed by atoms with van der Waals surface area (Å²) in [5.74, 6) is 1.85. The molecule has 0 atom stereocenters. The van der Waals surface area contributed by atoms with Crippen molar-refractivity contribution in [1.82, 2.24) is 0 Å². The number of nitrogens with zero attached hydrogens (tertiary/aromatic N) is 1. The number of hydrogen-bond donors (Lipinski definition) is 0. The van der Waals surface area contributed by atoms with E-state index in [0.717, 1.165) is 48.5 Å². The minimum Gasteiger partial charge on any atom is -0.494 e. The average molecular weight is 774 g/mol. The van der Waals surface area contributed by atoms with Crippen LogP contribution < -0.4 is 25.4 Å². The van der Waals surface area contributed by atoms with Crippen LogP contribution in [0.25, 0.3) is 0 Å². The molecule has 5 rings (SSSR count). The SMILES string of the molecule is CC(C)(C)CC(C)(C)c1ccc(OCCOCC[N+](C)(C)Cc2ccc(OCCCCCC[P+](c3ccccc3)(c3ccccc3)c3ccccc3)cc2)cc1. The van der Waals surface area contributed by atoms with Crippen molar-refractivity contribution in [3.8, 4) is 11.5 Å². The highest BCUT2D eigenvalue weighted by Gasteiger charge is 2.44. The molecule has 5 heteroatoms. The second kappa shape index (κ2) is 20.5. The minimum absolute atomic E-state index is 0.133. The van der Waals surface area contributed by atoms with Gasteiger partial charge < -0.3 is 18.7 Å². The Morgan fingerprint density at radius 2 is 0.982 bits per heavy atom. The van der Waals surface area contributed by atoms with Gasteiger partial charge in [-0.3, -0.25) is 0 Å². The first-order chi connectivity index (χ1) is 26.9. The number of ether oxygens (including phenoxy) is 3. The predicted octanol–water partition coefficient (Wildman–Crippen LogP) is 11.0. The van der Waals surface area contributed by atoms with E-state index < -0.39 is 7.26 Å². The second-order valence-corrected chi connectivity index (χ2v) is 21.5. The normalized spacial score (nSPS) is 12.4. The van der Waals surface area contributed by atoms with E-state index in [2.05, 4.69) is 188 Å². The Kier molecular flexibility index (Phi) is 15.8. The lowest BCUT2D eigenvalue weighted by Gasteiger charge is -2.33. The largest absolute Gasteiger partial charge is 0.494 e. The van der Waals surface area contributed by atoms with E-state index in [4.69, 9.17) is 14.2 Å². The Labute approximate surface area is 340 Å². The summed E-state index contributed by atoms with van der Waals surface area (Å²) in [6.07, 6.45) is 6.93. The van der Waals surface area contributed by atoms with Crippen molar-refractivity contribution in [2.24, 2.45) is 5.41 Å². The van der Waals surface area contributed by atoms with Gasteiger partial charge in [0, 0.05) is 5.56 Å². The third-order valence-corrected chi connectivity index (χ3v) is 15.3. The van der Waals surface area contributed by atoms with Crippen LogP contribution in [-0.2, 0) is 16.7 Å². The lowest BCUT2D eigenvalue weighted by molar-refractivity contribution is -0.904. The second-order valence-electron chi connectivity index (χ2n) is 17.9. The molecule has 0 unspecified atom stereocenters. The van der Waals surface area contributed by atoms with Crippen LogP contribution in [0, 0.1) is 5.41 Å². The molecule has 5 aromatic rings. The lowest BCUT2D eigenvalue weighted by Crippen LogP contribution is -2.41. The Morgan fingerprint density at radius 1 is 0.500 bits per heavy atom. The fourth-order valence-corrected chi connectivity index (χ4v) is 12.6. The molecule has 0 amide bonds. The van der Waals surface area contributed by atoms with Crippen molar-refractivity contribution in [3.05, 3.63) is 151 Å². The first kappa shape index (κ1) is 43.2. The average Bonchev–Trinajstić information content (AvgIpc) is 3.18. The summed E-state index contributed by atoms with van der Waals surface area (Å²) in [4.78, 5) is 0. The van der Waals surface area contributed by atoms with Gasteiger partial charge >= 0.3 is 0 Å². The number of rotatable bonds is 22. The van der Waals surface area contributed by atoms with E-state index in [9.17, 15) is 0 Å². The van der Waals surface area contributed by atoms with Crippen LogP contribution in [-0.4, -0.2) is 57.7 Å². The fraction of sp³-hybridized carbons (Fsp3) is 0.412. The Bertz CT molecular complexity index is 1740. The van der Waals surface area contributed by atoms with Crippen LogP contribution >= 0.6 is 7.26 Å². The zero-order valence-electron chi connectivity index (χ0n) is 35.4. The van der Waals surface area contributed by atoms with Crippen LogP contribution in [0.3, 0.4) is 0 Å². The third kappa shape index (κ3) is 13.1. The molecule has 0 radical (unpaired) electrons. The van der Waals surface area contributed by atoms with E-state index >= 15 is 0 Å². The molecule has 0 N–H and O–H groups in total. The fourth-order valence-electron chi connectivity index (χ4n) is 8.20. The molecule has 0 aliphatic carbocycles. The molecule has 0 bridgehead atoms. The van der Waals surface area contributed by atoms with E-state index in [0.29, 0.717) is 19.8 Å². The highest BCUT2D eigenvalue weighted by atomic mass is 31.2. The van der Waals surface area contributed by atoms with Crippen molar-refractivity contribution in [2.75, 3.05) is 53.2 Å². The van der Waals surface area contributed by atoms with Crippen LogP contribution in [0.2, 0.25) is 0 Å². The molecule has 4 nitrogen and oxygen atoms in total. The van der Waals surface area contributed by atoms with Crippen molar-refractivity contribution < 1.29 is 18.7 Å². The molecule has 0 aromatic heterocycles. The molecule has 0 saturated carbocycles. The van der Waals surface area contributed by atoms with Crippen LogP contribution in [0.4, 0.5) is 0 Å². The maximum Gasteiger partial charge on any atom is 0.119 e. The van der Waals surface area contributed by atoms with Crippen molar-refractivity contribution >= 4 is 23.2 Å². The zero-order chi connectivity index (χ0) is 39.9. The Balaban J connectivity index is 0.987. The molecule has 0 fully saturated rings. The summed E-state index contributed by atoms with van der Waals surface area (Å²) in [5.41, 5.74) is 3.08. The van der Waals surface area contributed by atoms with Gasteiger partial charge in [0.05, 0.1) is 40.1 Å². The molecule has 298 valence electrons.